The first-order valence-electron chi connectivity index (χ1n) is 6.83. The van der Waals surface area contributed by atoms with Gasteiger partial charge in [0.15, 0.2) is 0 Å². The predicted octanol–water partition coefficient (Wildman–Crippen LogP) is 0.683. The van der Waals surface area contributed by atoms with Gasteiger partial charge in [0, 0.05) is 19.1 Å². The summed E-state index contributed by atoms with van der Waals surface area (Å²) < 4.78 is 2.07. The van der Waals surface area contributed by atoms with Crippen LogP contribution in [0.3, 0.4) is 0 Å². The van der Waals surface area contributed by atoms with Crippen LogP contribution >= 0.6 is 15.9 Å². The molecular formula is C13H22BrN5O. The molecule has 1 atom stereocenters. The van der Waals surface area contributed by atoms with Gasteiger partial charge >= 0.3 is 0 Å². The molecule has 0 bridgehead atoms. The van der Waals surface area contributed by atoms with Crippen molar-refractivity contribution in [3.63, 3.8) is 0 Å². The van der Waals surface area contributed by atoms with E-state index < -0.39 is 0 Å². The lowest BCUT2D eigenvalue weighted by Crippen LogP contribution is -2.31. The summed E-state index contributed by atoms with van der Waals surface area (Å²) in [5.41, 5.74) is 0.708. The maximum absolute atomic E-state index is 12.2. The molecule has 0 spiro atoms. The van der Waals surface area contributed by atoms with Crippen molar-refractivity contribution in [2.45, 2.75) is 19.0 Å². The van der Waals surface area contributed by atoms with E-state index in [4.69, 9.17) is 0 Å². The molecule has 0 aromatic carbocycles. The van der Waals surface area contributed by atoms with Crippen LogP contribution in [0.4, 0.5) is 5.69 Å². The summed E-state index contributed by atoms with van der Waals surface area (Å²) in [7, 11) is 6.06. The molecule has 1 fully saturated rings. The van der Waals surface area contributed by atoms with Crippen molar-refractivity contribution in [3.05, 3.63) is 21.0 Å². The van der Waals surface area contributed by atoms with Gasteiger partial charge < -0.3 is 15.1 Å². The van der Waals surface area contributed by atoms with Crippen LogP contribution in [0.15, 0.2) is 15.5 Å². The molecule has 0 radical (unpaired) electrons. The van der Waals surface area contributed by atoms with Gasteiger partial charge in [-0.15, -0.1) is 0 Å². The normalized spacial score (nSPS) is 19.8. The molecule has 0 amide bonds. The first kappa shape index (κ1) is 15.5. The van der Waals surface area contributed by atoms with E-state index in [0.717, 1.165) is 31.7 Å². The minimum atomic E-state index is -0.0804. The molecule has 7 heteroatoms. The Bertz CT molecular complexity index is 516. The number of nitrogens with one attached hydrogen (secondary N) is 1. The highest BCUT2D eigenvalue weighted by atomic mass is 79.9. The third-order valence-corrected chi connectivity index (χ3v) is 4.26. The molecule has 1 saturated heterocycles. The maximum Gasteiger partial charge on any atom is 0.283 e. The second-order valence-electron chi connectivity index (χ2n) is 5.60. The number of halogens is 1. The van der Waals surface area contributed by atoms with Gasteiger partial charge in [0.1, 0.15) is 4.47 Å². The van der Waals surface area contributed by atoms with E-state index in [1.54, 1.807) is 6.20 Å². The molecule has 1 aromatic rings. The molecule has 0 saturated carbocycles. The van der Waals surface area contributed by atoms with Crippen LogP contribution in [0.1, 0.15) is 6.42 Å². The number of likely N-dealkylation sites (tertiary alicyclic amines) is 1. The number of hydrogen-bond acceptors (Lipinski definition) is 5. The topological polar surface area (TPSA) is 53.4 Å². The van der Waals surface area contributed by atoms with Crippen LogP contribution in [-0.4, -0.2) is 66.4 Å². The van der Waals surface area contributed by atoms with Crippen molar-refractivity contribution in [2.24, 2.45) is 0 Å². The standard InChI is InChI=1S/C13H22BrN5O/c1-17(2)6-7-19-13(20)12(14)11(8-15-19)16-10-4-5-18(3)9-10/h8,10,16H,4-7,9H2,1-3H3. The van der Waals surface area contributed by atoms with E-state index in [1.807, 2.05) is 19.0 Å². The summed E-state index contributed by atoms with van der Waals surface area (Å²) in [6.45, 7) is 3.47. The molecule has 0 aliphatic carbocycles. The molecule has 2 rings (SSSR count). The van der Waals surface area contributed by atoms with E-state index in [2.05, 4.69) is 38.3 Å². The number of anilines is 1. The Kier molecular flexibility index (Phi) is 5.17. The molecule has 1 aromatic heterocycles. The van der Waals surface area contributed by atoms with Gasteiger partial charge in [0.25, 0.3) is 5.56 Å². The average molecular weight is 344 g/mol. The summed E-state index contributed by atoms with van der Waals surface area (Å²) in [4.78, 5) is 16.5. The molecule has 2 heterocycles. The van der Waals surface area contributed by atoms with E-state index in [0.29, 0.717) is 17.1 Å². The van der Waals surface area contributed by atoms with Crippen molar-refractivity contribution >= 4 is 21.6 Å². The molecule has 1 aliphatic rings. The number of aromatic nitrogens is 2. The van der Waals surface area contributed by atoms with Crippen molar-refractivity contribution in [3.8, 4) is 0 Å². The predicted molar refractivity (Wildman–Crippen MR) is 84.3 cm³/mol. The number of nitrogens with zero attached hydrogens (tertiary/aromatic N) is 4. The molecular weight excluding hydrogens is 322 g/mol. The first-order valence-corrected chi connectivity index (χ1v) is 7.62. The molecule has 112 valence electrons. The van der Waals surface area contributed by atoms with Crippen molar-refractivity contribution in [2.75, 3.05) is 46.1 Å². The molecule has 1 aliphatic heterocycles. The summed E-state index contributed by atoms with van der Waals surface area (Å²) in [6, 6.07) is 0.384. The zero-order valence-electron chi connectivity index (χ0n) is 12.3. The highest BCUT2D eigenvalue weighted by Crippen LogP contribution is 2.20. The summed E-state index contributed by atoms with van der Waals surface area (Å²) in [6.07, 6.45) is 2.83. The highest BCUT2D eigenvalue weighted by molar-refractivity contribution is 9.10. The Morgan fingerprint density at radius 3 is 2.90 bits per heavy atom. The lowest BCUT2D eigenvalue weighted by Gasteiger charge is -2.16. The van der Waals surface area contributed by atoms with Crippen LogP contribution in [0.2, 0.25) is 0 Å². The third kappa shape index (κ3) is 3.80. The zero-order valence-corrected chi connectivity index (χ0v) is 13.9. The van der Waals surface area contributed by atoms with Gasteiger partial charge in [-0.1, -0.05) is 0 Å². The van der Waals surface area contributed by atoms with Crippen molar-refractivity contribution in [1.82, 2.24) is 19.6 Å². The van der Waals surface area contributed by atoms with Crippen LogP contribution < -0.4 is 10.9 Å². The van der Waals surface area contributed by atoms with Gasteiger partial charge in [0.2, 0.25) is 0 Å². The SMILES string of the molecule is CN(C)CCn1ncc(NC2CCN(C)C2)c(Br)c1=O. The van der Waals surface area contributed by atoms with Gasteiger partial charge in [-0.3, -0.25) is 4.79 Å². The fourth-order valence-electron chi connectivity index (χ4n) is 2.29. The van der Waals surface area contributed by atoms with E-state index in [-0.39, 0.29) is 5.56 Å². The monoisotopic (exact) mass is 343 g/mol. The van der Waals surface area contributed by atoms with Crippen LogP contribution in [-0.2, 0) is 6.54 Å². The summed E-state index contributed by atoms with van der Waals surface area (Å²) in [5.74, 6) is 0. The van der Waals surface area contributed by atoms with Crippen LogP contribution in [0.5, 0.6) is 0 Å². The van der Waals surface area contributed by atoms with Crippen LogP contribution in [0, 0.1) is 0 Å². The number of rotatable bonds is 5. The average Bonchev–Trinajstić information content (AvgIpc) is 2.79. The largest absolute Gasteiger partial charge is 0.379 e. The van der Waals surface area contributed by atoms with Gasteiger partial charge in [-0.25, -0.2) is 4.68 Å². The Balaban J connectivity index is 2.08. The second-order valence-corrected chi connectivity index (χ2v) is 6.39. The van der Waals surface area contributed by atoms with E-state index in [1.165, 1.54) is 4.68 Å². The Morgan fingerprint density at radius 1 is 1.55 bits per heavy atom. The summed E-state index contributed by atoms with van der Waals surface area (Å²) in [5, 5.41) is 7.64. The Labute approximate surface area is 127 Å². The molecule has 6 nitrogen and oxygen atoms in total. The lowest BCUT2D eigenvalue weighted by molar-refractivity contribution is 0.367. The molecule has 1 N–H and O–H groups in total. The van der Waals surface area contributed by atoms with E-state index >= 15 is 0 Å². The van der Waals surface area contributed by atoms with Crippen molar-refractivity contribution < 1.29 is 0 Å². The first-order chi connectivity index (χ1) is 9.47. The van der Waals surface area contributed by atoms with Gasteiger partial charge in [-0.2, -0.15) is 5.10 Å². The van der Waals surface area contributed by atoms with Crippen LogP contribution in [0.25, 0.3) is 0 Å². The minimum Gasteiger partial charge on any atom is -0.379 e. The highest BCUT2D eigenvalue weighted by Gasteiger charge is 2.20. The second kappa shape index (κ2) is 6.69. The maximum atomic E-state index is 12.2. The van der Waals surface area contributed by atoms with Gasteiger partial charge in [0.05, 0.1) is 18.4 Å². The fourth-order valence-corrected chi connectivity index (χ4v) is 2.71. The molecule has 1 unspecified atom stereocenters. The fraction of sp³-hybridized carbons (Fsp3) is 0.692. The Hall–Kier alpha value is -0.920. The number of hydrogen-bond donors (Lipinski definition) is 1. The number of likely N-dealkylation sites (N-methyl/N-ethyl adjacent to an activating group) is 2. The molecule has 20 heavy (non-hydrogen) atoms. The minimum absolute atomic E-state index is 0.0804. The summed E-state index contributed by atoms with van der Waals surface area (Å²) >= 11 is 3.40. The van der Waals surface area contributed by atoms with Gasteiger partial charge in [-0.05, 0) is 50.0 Å². The smallest absolute Gasteiger partial charge is 0.283 e. The quantitative estimate of drug-likeness (QED) is 0.852. The van der Waals surface area contributed by atoms with E-state index in [9.17, 15) is 4.79 Å². The third-order valence-electron chi connectivity index (χ3n) is 3.49. The lowest BCUT2D eigenvalue weighted by atomic mass is 10.2. The zero-order chi connectivity index (χ0) is 14.7. The Morgan fingerprint density at radius 2 is 2.30 bits per heavy atom. The van der Waals surface area contributed by atoms with Crippen molar-refractivity contribution in [1.29, 1.82) is 0 Å².